The number of hydrogen-bond donors (Lipinski definition) is 0. The van der Waals surface area contributed by atoms with Crippen LogP contribution in [0.2, 0.25) is 0 Å². The lowest BCUT2D eigenvalue weighted by Crippen LogP contribution is -2.14. The Labute approximate surface area is 66.9 Å². The summed E-state index contributed by atoms with van der Waals surface area (Å²) in [6.07, 6.45) is 0. The zero-order valence-electron chi connectivity index (χ0n) is 7.04. The lowest BCUT2D eigenvalue weighted by molar-refractivity contribution is -0.124. The van der Waals surface area contributed by atoms with Gasteiger partial charge in [-0.1, -0.05) is 13.8 Å². The van der Waals surface area contributed by atoms with E-state index in [1.807, 2.05) is 13.8 Å². The first kappa shape index (κ1) is 7.29. The molecule has 1 heterocycles. The fourth-order valence-corrected chi connectivity index (χ4v) is 2.05. The van der Waals surface area contributed by atoms with Crippen molar-refractivity contribution in [3.63, 3.8) is 0 Å². The van der Waals surface area contributed by atoms with Crippen LogP contribution in [-0.4, -0.2) is 19.0 Å². The molecule has 0 aromatic rings. The molecule has 1 aliphatic carbocycles. The van der Waals surface area contributed by atoms with Crippen molar-refractivity contribution in [2.75, 3.05) is 13.2 Å². The van der Waals surface area contributed by atoms with Crippen molar-refractivity contribution >= 4 is 5.78 Å². The Morgan fingerprint density at radius 2 is 1.91 bits per heavy atom. The quantitative estimate of drug-likeness (QED) is 0.595. The maximum absolute atomic E-state index is 11.5. The predicted molar refractivity (Wildman–Crippen MR) is 41.1 cm³/mol. The summed E-state index contributed by atoms with van der Waals surface area (Å²) in [5.41, 5.74) is 0. The molecule has 0 spiro atoms. The number of Topliss-reactive ketones (excluding diaryl/α,β-unsaturated/α-hetero) is 1. The number of carbonyl (C=O) groups is 1. The first-order valence-electron chi connectivity index (χ1n) is 4.33. The second kappa shape index (κ2) is 2.31. The highest BCUT2D eigenvalue weighted by Crippen LogP contribution is 2.51. The first-order chi connectivity index (χ1) is 5.22. The number of rotatable bonds is 2. The molecule has 2 nitrogen and oxygen atoms in total. The molecular weight excluding hydrogens is 140 g/mol. The van der Waals surface area contributed by atoms with Gasteiger partial charge in [0.05, 0.1) is 13.2 Å². The van der Waals surface area contributed by atoms with E-state index in [2.05, 4.69) is 0 Å². The van der Waals surface area contributed by atoms with Crippen LogP contribution in [0.25, 0.3) is 0 Å². The summed E-state index contributed by atoms with van der Waals surface area (Å²) in [6.45, 7) is 5.62. The van der Waals surface area contributed by atoms with Gasteiger partial charge in [-0.25, -0.2) is 0 Å². The third-order valence-electron chi connectivity index (χ3n) is 2.85. The first-order valence-corrected chi connectivity index (χ1v) is 4.33. The number of ketones is 1. The van der Waals surface area contributed by atoms with Gasteiger partial charge >= 0.3 is 0 Å². The van der Waals surface area contributed by atoms with Gasteiger partial charge in [-0.2, -0.15) is 0 Å². The summed E-state index contributed by atoms with van der Waals surface area (Å²) in [4.78, 5) is 11.5. The van der Waals surface area contributed by atoms with Crippen LogP contribution in [-0.2, 0) is 9.53 Å². The van der Waals surface area contributed by atoms with Crippen LogP contribution in [0.4, 0.5) is 0 Å². The fraction of sp³-hybridized carbons (Fsp3) is 0.889. The number of fused-ring (bicyclic) bond motifs is 1. The smallest absolute Gasteiger partial charge is 0.139 e. The molecule has 0 bridgehead atoms. The second-order valence-electron chi connectivity index (χ2n) is 3.95. The van der Waals surface area contributed by atoms with E-state index in [4.69, 9.17) is 4.74 Å². The van der Waals surface area contributed by atoms with Crippen LogP contribution in [0.15, 0.2) is 0 Å². The second-order valence-corrected chi connectivity index (χ2v) is 3.95. The Bertz CT molecular complexity index is 176. The van der Waals surface area contributed by atoms with Crippen LogP contribution in [0.1, 0.15) is 13.8 Å². The van der Waals surface area contributed by atoms with E-state index in [0.717, 1.165) is 13.2 Å². The van der Waals surface area contributed by atoms with Crippen molar-refractivity contribution in [3.05, 3.63) is 0 Å². The monoisotopic (exact) mass is 154 g/mol. The highest BCUT2D eigenvalue weighted by molar-refractivity contribution is 5.86. The van der Waals surface area contributed by atoms with Gasteiger partial charge in [-0.05, 0) is 11.8 Å². The lowest BCUT2D eigenvalue weighted by atomic mass is 10.0. The van der Waals surface area contributed by atoms with Gasteiger partial charge in [0.15, 0.2) is 0 Å². The van der Waals surface area contributed by atoms with Gasteiger partial charge in [-0.15, -0.1) is 0 Å². The van der Waals surface area contributed by atoms with E-state index in [0.29, 0.717) is 23.5 Å². The van der Waals surface area contributed by atoms with Gasteiger partial charge in [0, 0.05) is 11.8 Å². The third kappa shape index (κ3) is 1.00. The Balaban J connectivity index is 1.95. The third-order valence-corrected chi connectivity index (χ3v) is 2.85. The summed E-state index contributed by atoms with van der Waals surface area (Å²) in [5.74, 6) is 2.20. The molecule has 2 fully saturated rings. The van der Waals surface area contributed by atoms with E-state index >= 15 is 0 Å². The topological polar surface area (TPSA) is 26.3 Å². The molecule has 0 amide bonds. The zero-order chi connectivity index (χ0) is 8.01. The van der Waals surface area contributed by atoms with Crippen molar-refractivity contribution in [3.8, 4) is 0 Å². The molecule has 0 N–H and O–H groups in total. The molecule has 11 heavy (non-hydrogen) atoms. The molecule has 0 aromatic heterocycles. The van der Waals surface area contributed by atoms with Crippen molar-refractivity contribution in [2.24, 2.45) is 23.7 Å². The van der Waals surface area contributed by atoms with Gasteiger partial charge in [0.2, 0.25) is 0 Å². The molecular formula is C9H14O2. The standard InChI is InChI=1S/C9H14O2/c1-5(2)9(10)8-6-3-11-4-7(6)8/h5-8H,3-4H2,1-2H3/t6-,7+,8+. The van der Waals surface area contributed by atoms with Crippen molar-refractivity contribution in [1.29, 1.82) is 0 Å². The SMILES string of the molecule is CC(C)C(=O)[C@H]1[C@@H]2COC[C@@H]21. The molecule has 62 valence electrons. The van der Waals surface area contributed by atoms with Crippen molar-refractivity contribution < 1.29 is 9.53 Å². The van der Waals surface area contributed by atoms with Crippen molar-refractivity contribution in [1.82, 2.24) is 0 Å². The van der Waals surface area contributed by atoms with Crippen LogP contribution < -0.4 is 0 Å². The van der Waals surface area contributed by atoms with Crippen LogP contribution in [0.5, 0.6) is 0 Å². The average Bonchev–Trinajstić information content (AvgIpc) is 2.41. The Morgan fingerprint density at radius 3 is 2.36 bits per heavy atom. The molecule has 1 saturated carbocycles. The Hall–Kier alpha value is -0.370. The molecule has 2 rings (SSSR count). The van der Waals surface area contributed by atoms with Crippen molar-refractivity contribution in [2.45, 2.75) is 13.8 Å². The predicted octanol–water partition coefficient (Wildman–Crippen LogP) is 1.10. The summed E-state index contributed by atoms with van der Waals surface area (Å²) in [7, 11) is 0. The maximum Gasteiger partial charge on any atom is 0.139 e. The van der Waals surface area contributed by atoms with Crippen LogP contribution >= 0.6 is 0 Å². The average molecular weight is 154 g/mol. The Kier molecular flexibility index (Phi) is 1.53. The molecule has 2 heteroatoms. The highest BCUT2D eigenvalue weighted by Gasteiger charge is 2.57. The summed E-state index contributed by atoms with van der Waals surface area (Å²) < 4.78 is 5.21. The normalized spacial score (nSPS) is 40.8. The molecule has 0 radical (unpaired) electrons. The molecule has 0 aromatic carbocycles. The highest BCUT2D eigenvalue weighted by atomic mass is 16.5. The van der Waals surface area contributed by atoms with Gasteiger partial charge in [0.1, 0.15) is 5.78 Å². The van der Waals surface area contributed by atoms with Crippen LogP contribution in [0, 0.1) is 23.7 Å². The fourth-order valence-electron chi connectivity index (χ4n) is 2.05. The van der Waals surface area contributed by atoms with E-state index in [1.165, 1.54) is 0 Å². The number of ether oxygens (including phenoxy) is 1. The number of carbonyl (C=O) groups excluding carboxylic acids is 1. The summed E-state index contributed by atoms with van der Waals surface area (Å²) >= 11 is 0. The molecule has 1 aliphatic heterocycles. The van der Waals surface area contributed by atoms with Crippen LogP contribution in [0.3, 0.4) is 0 Å². The Morgan fingerprint density at radius 1 is 1.36 bits per heavy atom. The number of hydrogen-bond acceptors (Lipinski definition) is 2. The maximum atomic E-state index is 11.5. The minimum Gasteiger partial charge on any atom is -0.381 e. The lowest BCUT2D eigenvalue weighted by Gasteiger charge is -2.05. The summed E-state index contributed by atoms with van der Waals surface area (Å²) in [5, 5.41) is 0. The molecule has 2 aliphatic rings. The largest absolute Gasteiger partial charge is 0.381 e. The molecule has 1 saturated heterocycles. The minimum absolute atomic E-state index is 0.214. The zero-order valence-corrected chi connectivity index (χ0v) is 7.04. The molecule has 3 atom stereocenters. The van der Waals surface area contributed by atoms with E-state index in [9.17, 15) is 4.79 Å². The van der Waals surface area contributed by atoms with E-state index in [-0.39, 0.29) is 5.92 Å². The van der Waals surface area contributed by atoms with Gasteiger partial charge in [0.25, 0.3) is 0 Å². The van der Waals surface area contributed by atoms with Gasteiger partial charge < -0.3 is 4.74 Å². The minimum atomic E-state index is 0.214. The summed E-state index contributed by atoms with van der Waals surface area (Å²) in [6, 6.07) is 0. The molecule has 0 unspecified atom stereocenters. The van der Waals surface area contributed by atoms with Gasteiger partial charge in [-0.3, -0.25) is 4.79 Å². The van der Waals surface area contributed by atoms with E-state index in [1.54, 1.807) is 0 Å². The van der Waals surface area contributed by atoms with E-state index < -0.39 is 0 Å².